The predicted molar refractivity (Wildman–Crippen MR) is 79.1 cm³/mol. The lowest BCUT2D eigenvalue weighted by atomic mass is 10.2. The summed E-state index contributed by atoms with van der Waals surface area (Å²) < 4.78 is 0.864. The topological polar surface area (TPSA) is 29.1 Å². The molecule has 0 aliphatic heterocycles. The van der Waals surface area contributed by atoms with Crippen LogP contribution in [0.5, 0.6) is 0 Å². The first-order valence-electron chi connectivity index (χ1n) is 5.42. The molecule has 17 heavy (non-hydrogen) atoms. The number of alkyl halides is 1. The number of benzene rings is 1. The number of hydrogen-bond donors (Lipinski definition) is 1. The van der Waals surface area contributed by atoms with E-state index < -0.39 is 0 Å². The maximum absolute atomic E-state index is 11.9. The van der Waals surface area contributed by atoms with E-state index in [0.29, 0.717) is 22.0 Å². The van der Waals surface area contributed by atoms with Gasteiger partial charge < -0.3 is 5.32 Å². The molecule has 5 heteroatoms. The molecule has 0 fully saturated rings. The standard InChI is InChI=1S/C12H14Br2ClNO/c1-2-3-9(14)7-16-12(17)10-5-4-8(13)6-11(10)15/h4-6,9H,2-3,7H2,1H3,(H,16,17). The molecule has 1 unspecified atom stereocenters. The Labute approximate surface area is 123 Å². The van der Waals surface area contributed by atoms with Gasteiger partial charge in [-0.15, -0.1) is 0 Å². The van der Waals surface area contributed by atoms with Crippen molar-refractivity contribution in [1.29, 1.82) is 0 Å². The fourth-order valence-corrected chi connectivity index (χ4v) is 2.77. The van der Waals surface area contributed by atoms with Crippen LogP contribution in [0.15, 0.2) is 22.7 Å². The third-order valence-electron chi connectivity index (χ3n) is 2.26. The molecule has 0 aliphatic carbocycles. The molecule has 1 aromatic carbocycles. The Hall–Kier alpha value is -0.0600. The number of rotatable bonds is 5. The summed E-state index contributed by atoms with van der Waals surface area (Å²) in [4.78, 5) is 12.2. The molecule has 0 aliphatic rings. The highest BCUT2D eigenvalue weighted by Crippen LogP contribution is 2.21. The van der Waals surface area contributed by atoms with Crippen molar-refractivity contribution in [2.45, 2.75) is 24.6 Å². The quantitative estimate of drug-likeness (QED) is 0.751. The maximum atomic E-state index is 11.9. The van der Waals surface area contributed by atoms with Crippen LogP contribution in [0.4, 0.5) is 0 Å². The summed E-state index contributed by atoms with van der Waals surface area (Å²) in [6.45, 7) is 2.72. The molecular formula is C12H14Br2ClNO. The minimum atomic E-state index is -0.136. The van der Waals surface area contributed by atoms with Crippen molar-refractivity contribution in [2.24, 2.45) is 0 Å². The molecule has 0 aromatic heterocycles. The van der Waals surface area contributed by atoms with Gasteiger partial charge in [-0.2, -0.15) is 0 Å². The molecule has 0 heterocycles. The van der Waals surface area contributed by atoms with Crippen molar-refractivity contribution in [3.8, 4) is 0 Å². The first kappa shape index (κ1) is 15.0. The summed E-state index contributed by atoms with van der Waals surface area (Å²) in [5.41, 5.74) is 0.506. The Bertz CT molecular complexity index is 398. The van der Waals surface area contributed by atoms with E-state index in [1.807, 2.05) is 0 Å². The summed E-state index contributed by atoms with van der Waals surface area (Å²) in [7, 11) is 0. The molecule has 1 N–H and O–H groups in total. The number of nitrogens with one attached hydrogen (secondary N) is 1. The SMILES string of the molecule is CCCC(Br)CNC(=O)c1ccc(Br)cc1Cl. The second-order valence-corrected chi connectivity index (χ2v) is 6.34. The fourth-order valence-electron chi connectivity index (χ4n) is 1.39. The minimum absolute atomic E-state index is 0.136. The monoisotopic (exact) mass is 381 g/mol. The van der Waals surface area contributed by atoms with Gasteiger partial charge in [-0.05, 0) is 24.6 Å². The number of carbonyl (C=O) groups excluding carboxylic acids is 1. The van der Waals surface area contributed by atoms with Crippen LogP contribution < -0.4 is 5.32 Å². The normalized spacial score (nSPS) is 12.2. The highest BCUT2D eigenvalue weighted by Gasteiger charge is 2.11. The van der Waals surface area contributed by atoms with Crippen molar-refractivity contribution >= 4 is 49.4 Å². The van der Waals surface area contributed by atoms with Gasteiger partial charge in [-0.3, -0.25) is 4.79 Å². The van der Waals surface area contributed by atoms with Crippen molar-refractivity contribution in [3.63, 3.8) is 0 Å². The summed E-state index contributed by atoms with van der Waals surface area (Å²) >= 11 is 12.8. The van der Waals surface area contributed by atoms with Gasteiger partial charge in [0.1, 0.15) is 0 Å². The largest absolute Gasteiger partial charge is 0.351 e. The molecule has 1 rings (SSSR count). The van der Waals surface area contributed by atoms with Gasteiger partial charge in [0.15, 0.2) is 0 Å². The van der Waals surface area contributed by atoms with Crippen LogP contribution in [-0.2, 0) is 0 Å². The van der Waals surface area contributed by atoms with Crippen molar-refractivity contribution < 1.29 is 4.79 Å². The second kappa shape index (κ2) is 7.39. The number of halogens is 3. The highest BCUT2D eigenvalue weighted by atomic mass is 79.9. The first-order chi connectivity index (χ1) is 8.04. The zero-order chi connectivity index (χ0) is 12.8. The predicted octanol–water partition coefficient (Wildman–Crippen LogP) is 4.40. The molecule has 94 valence electrons. The Morgan fingerprint density at radius 1 is 1.53 bits per heavy atom. The van der Waals surface area contributed by atoms with Gasteiger partial charge in [0.25, 0.3) is 5.91 Å². The molecule has 0 spiro atoms. The molecule has 0 saturated heterocycles. The summed E-state index contributed by atoms with van der Waals surface area (Å²) in [5, 5.41) is 3.32. The van der Waals surface area contributed by atoms with Crippen molar-refractivity contribution in [1.82, 2.24) is 5.32 Å². The minimum Gasteiger partial charge on any atom is -0.351 e. The Kier molecular flexibility index (Phi) is 6.52. The third kappa shape index (κ3) is 4.98. The zero-order valence-electron chi connectivity index (χ0n) is 9.47. The molecule has 2 nitrogen and oxygen atoms in total. The lowest BCUT2D eigenvalue weighted by molar-refractivity contribution is 0.0954. The first-order valence-corrected chi connectivity index (χ1v) is 7.50. The van der Waals surface area contributed by atoms with Crippen LogP contribution in [-0.4, -0.2) is 17.3 Å². The zero-order valence-corrected chi connectivity index (χ0v) is 13.4. The van der Waals surface area contributed by atoms with Gasteiger partial charge >= 0.3 is 0 Å². The number of amides is 1. The van der Waals surface area contributed by atoms with Gasteiger partial charge in [-0.25, -0.2) is 0 Å². The molecule has 0 radical (unpaired) electrons. The second-order valence-electron chi connectivity index (χ2n) is 3.72. The molecular weight excluding hydrogens is 369 g/mol. The van der Waals surface area contributed by atoms with Crippen LogP contribution in [0, 0.1) is 0 Å². The fraction of sp³-hybridized carbons (Fsp3) is 0.417. The highest BCUT2D eigenvalue weighted by molar-refractivity contribution is 9.10. The van der Waals surface area contributed by atoms with E-state index in [-0.39, 0.29) is 5.91 Å². The van der Waals surface area contributed by atoms with E-state index >= 15 is 0 Å². The lowest BCUT2D eigenvalue weighted by Crippen LogP contribution is -2.29. The Balaban J connectivity index is 2.58. The van der Waals surface area contributed by atoms with Crippen LogP contribution in [0.1, 0.15) is 30.1 Å². The molecule has 1 atom stereocenters. The van der Waals surface area contributed by atoms with E-state index in [1.54, 1.807) is 18.2 Å². The van der Waals surface area contributed by atoms with Crippen molar-refractivity contribution in [3.05, 3.63) is 33.3 Å². The van der Waals surface area contributed by atoms with Crippen LogP contribution in [0.2, 0.25) is 5.02 Å². The van der Waals surface area contributed by atoms with Crippen LogP contribution in [0.3, 0.4) is 0 Å². The summed E-state index contributed by atoms with van der Waals surface area (Å²) in [6, 6.07) is 5.23. The van der Waals surface area contributed by atoms with Gasteiger partial charge in [-0.1, -0.05) is 56.8 Å². The van der Waals surface area contributed by atoms with Crippen molar-refractivity contribution in [2.75, 3.05) is 6.54 Å². The van der Waals surface area contributed by atoms with Gasteiger partial charge in [0.05, 0.1) is 10.6 Å². The van der Waals surface area contributed by atoms with Crippen LogP contribution >= 0.6 is 43.5 Å². The summed E-state index contributed by atoms with van der Waals surface area (Å²) in [5.74, 6) is -0.136. The average Bonchev–Trinajstić information content (AvgIpc) is 2.26. The van der Waals surface area contributed by atoms with Crippen LogP contribution in [0.25, 0.3) is 0 Å². The maximum Gasteiger partial charge on any atom is 0.252 e. The number of hydrogen-bond acceptors (Lipinski definition) is 1. The lowest BCUT2D eigenvalue weighted by Gasteiger charge is -2.11. The molecule has 0 saturated carbocycles. The van der Waals surface area contributed by atoms with E-state index in [0.717, 1.165) is 17.3 Å². The average molecular weight is 384 g/mol. The van der Waals surface area contributed by atoms with E-state index in [1.165, 1.54) is 0 Å². The molecule has 1 amide bonds. The van der Waals surface area contributed by atoms with Gasteiger partial charge in [0.2, 0.25) is 0 Å². The van der Waals surface area contributed by atoms with E-state index in [4.69, 9.17) is 11.6 Å². The van der Waals surface area contributed by atoms with E-state index in [9.17, 15) is 4.79 Å². The smallest absolute Gasteiger partial charge is 0.252 e. The number of carbonyl (C=O) groups is 1. The van der Waals surface area contributed by atoms with E-state index in [2.05, 4.69) is 44.1 Å². The Morgan fingerprint density at radius 2 is 2.24 bits per heavy atom. The Morgan fingerprint density at radius 3 is 2.82 bits per heavy atom. The molecule has 1 aromatic rings. The molecule has 0 bridgehead atoms. The third-order valence-corrected chi connectivity index (χ3v) is 3.85. The summed E-state index contributed by atoms with van der Waals surface area (Å²) in [6.07, 6.45) is 2.12. The van der Waals surface area contributed by atoms with Gasteiger partial charge in [0, 0.05) is 15.8 Å².